The summed E-state index contributed by atoms with van der Waals surface area (Å²) in [7, 11) is 0. The predicted octanol–water partition coefficient (Wildman–Crippen LogP) is 1.94. The molecular weight excluding hydrogens is 419 g/mol. The lowest BCUT2D eigenvalue weighted by atomic mass is 9.98. The summed E-state index contributed by atoms with van der Waals surface area (Å²) < 4.78 is 43.7. The number of para-hydroxylation sites is 1. The molecule has 0 aliphatic carbocycles. The van der Waals surface area contributed by atoms with E-state index in [-0.39, 0.29) is 30.9 Å². The van der Waals surface area contributed by atoms with Crippen molar-refractivity contribution in [3.8, 4) is 0 Å². The molecule has 0 N–H and O–H groups in total. The normalized spacial score (nSPS) is 20.4. The van der Waals surface area contributed by atoms with Gasteiger partial charge in [0.25, 0.3) is 5.91 Å². The van der Waals surface area contributed by atoms with Gasteiger partial charge in [-0.2, -0.15) is 13.2 Å². The van der Waals surface area contributed by atoms with Crippen molar-refractivity contribution in [2.45, 2.75) is 38.5 Å². The zero-order valence-electron chi connectivity index (χ0n) is 17.1. The Kier molecular flexibility index (Phi) is 5.97. The summed E-state index contributed by atoms with van der Waals surface area (Å²) in [6.45, 7) is -0.248. The van der Waals surface area contributed by atoms with E-state index in [1.807, 2.05) is 0 Å². The van der Waals surface area contributed by atoms with Crippen LogP contribution in [0.2, 0.25) is 0 Å². The molecule has 1 saturated heterocycles. The van der Waals surface area contributed by atoms with Crippen LogP contribution in [0.15, 0.2) is 24.3 Å². The van der Waals surface area contributed by atoms with Crippen molar-refractivity contribution in [3.63, 3.8) is 0 Å². The maximum absolute atomic E-state index is 13.1. The number of anilines is 1. The van der Waals surface area contributed by atoms with Crippen molar-refractivity contribution in [1.29, 1.82) is 0 Å². The van der Waals surface area contributed by atoms with E-state index in [0.717, 1.165) is 4.90 Å². The van der Waals surface area contributed by atoms with Gasteiger partial charge in [0.15, 0.2) is 0 Å². The molecule has 1 aromatic rings. The third-order valence-corrected chi connectivity index (χ3v) is 5.39. The Balaban J connectivity index is 1.91. The van der Waals surface area contributed by atoms with Crippen molar-refractivity contribution in [2.24, 2.45) is 0 Å². The van der Waals surface area contributed by atoms with Gasteiger partial charge in [0.1, 0.15) is 25.3 Å². The highest BCUT2D eigenvalue weighted by Crippen LogP contribution is 2.43. The van der Waals surface area contributed by atoms with Crippen LogP contribution >= 0.6 is 0 Å². The Morgan fingerprint density at radius 2 is 1.90 bits per heavy atom. The molecule has 8 nitrogen and oxygen atoms in total. The molecule has 2 heterocycles. The minimum absolute atomic E-state index is 0.0522. The summed E-state index contributed by atoms with van der Waals surface area (Å²) >= 11 is 0. The molecule has 0 unspecified atom stereocenters. The zero-order chi connectivity index (χ0) is 23.0. The summed E-state index contributed by atoms with van der Waals surface area (Å²) in [5.41, 5.74) is -0.623. The number of nitrogens with zero attached hydrogens (tertiary/aromatic N) is 3. The van der Waals surface area contributed by atoms with E-state index in [2.05, 4.69) is 4.74 Å². The standard InChI is InChI=1S/C20H22F3N3O5/c1-3-31-17(29)11-24(12-20(21,22)23)16(28)10-25-18(30)13-6-4-5-7-14(13)26-15(27)8-9-19(25,26)2/h4-7H,3,8-12H2,1-2H3/t19-/m0/s1. The van der Waals surface area contributed by atoms with Gasteiger partial charge in [-0.3, -0.25) is 24.1 Å². The van der Waals surface area contributed by atoms with E-state index in [4.69, 9.17) is 0 Å². The topological polar surface area (TPSA) is 87.2 Å². The van der Waals surface area contributed by atoms with Crippen molar-refractivity contribution in [3.05, 3.63) is 29.8 Å². The number of ether oxygens (including phenoxy) is 1. The van der Waals surface area contributed by atoms with Crippen molar-refractivity contribution in [2.75, 3.05) is 31.1 Å². The van der Waals surface area contributed by atoms with E-state index < -0.39 is 49.3 Å². The first-order valence-electron chi connectivity index (χ1n) is 9.72. The molecule has 11 heteroatoms. The van der Waals surface area contributed by atoms with E-state index in [1.54, 1.807) is 25.1 Å². The number of esters is 1. The van der Waals surface area contributed by atoms with Gasteiger partial charge in [-0.05, 0) is 32.4 Å². The maximum Gasteiger partial charge on any atom is 0.406 e. The molecule has 3 amide bonds. The first-order chi connectivity index (χ1) is 14.5. The average molecular weight is 441 g/mol. The second-order valence-corrected chi connectivity index (χ2v) is 7.52. The van der Waals surface area contributed by atoms with Gasteiger partial charge in [-0.25, -0.2) is 0 Å². The van der Waals surface area contributed by atoms with Crippen LogP contribution in [-0.2, 0) is 19.1 Å². The molecule has 0 spiro atoms. The summed E-state index contributed by atoms with van der Waals surface area (Å²) in [6.07, 6.45) is -4.41. The molecule has 0 radical (unpaired) electrons. The fourth-order valence-corrected chi connectivity index (χ4v) is 3.99. The van der Waals surface area contributed by atoms with E-state index in [0.29, 0.717) is 10.6 Å². The van der Waals surface area contributed by atoms with Gasteiger partial charge in [-0.15, -0.1) is 0 Å². The van der Waals surface area contributed by atoms with Gasteiger partial charge in [0.2, 0.25) is 11.8 Å². The number of rotatable bonds is 6. The number of hydrogen-bond donors (Lipinski definition) is 0. The van der Waals surface area contributed by atoms with Gasteiger partial charge in [0, 0.05) is 6.42 Å². The fourth-order valence-electron chi connectivity index (χ4n) is 3.99. The smallest absolute Gasteiger partial charge is 0.406 e. The number of carbonyl (C=O) groups excluding carboxylic acids is 4. The highest BCUT2D eigenvalue weighted by Gasteiger charge is 2.53. The third kappa shape index (κ3) is 4.35. The molecule has 0 bridgehead atoms. The molecule has 2 aliphatic heterocycles. The molecule has 0 aromatic heterocycles. The van der Waals surface area contributed by atoms with Crippen LogP contribution in [0.3, 0.4) is 0 Å². The molecule has 1 aromatic carbocycles. The Hall–Kier alpha value is -3.11. The lowest BCUT2D eigenvalue weighted by Gasteiger charge is -2.48. The fraction of sp³-hybridized carbons (Fsp3) is 0.500. The van der Waals surface area contributed by atoms with E-state index in [1.165, 1.54) is 17.9 Å². The molecule has 0 saturated carbocycles. The Morgan fingerprint density at radius 3 is 2.55 bits per heavy atom. The minimum atomic E-state index is -4.75. The van der Waals surface area contributed by atoms with Crippen molar-refractivity contribution >= 4 is 29.4 Å². The molecule has 3 rings (SSSR count). The molecule has 1 atom stereocenters. The van der Waals surface area contributed by atoms with Crippen molar-refractivity contribution in [1.82, 2.24) is 9.80 Å². The quantitative estimate of drug-likeness (QED) is 0.630. The van der Waals surface area contributed by atoms with Gasteiger partial charge in [-0.1, -0.05) is 12.1 Å². The summed E-state index contributed by atoms with van der Waals surface area (Å²) in [6, 6.07) is 6.37. The number of fused-ring (bicyclic) bond motifs is 3. The van der Waals surface area contributed by atoms with E-state index in [9.17, 15) is 32.3 Å². The van der Waals surface area contributed by atoms with Crippen LogP contribution in [0.4, 0.5) is 18.9 Å². The second kappa shape index (κ2) is 8.20. The molecule has 1 fully saturated rings. The largest absolute Gasteiger partial charge is 0.465 e. The third-order valence-electron chi connectivity index (χ3n) is 5.39. The van der Waals surface area contributed by atoms with Crippen molar-refractivity contribution < 1.29 is 37.1 Å². The summed E-state index contributed by atoms with van der Waals surface area (Å²) in [5.74, 6) is -2.88. The predicted molar refractivity (Wildman–Crippen MR) is 102 cm³/mol. The number of benzene rings is 1. The first kappa shape index (κ1) is 22.6. The molecule has 2 aliphatic rings. The monoisotopic (exact) mass is 441 g/mol. The van der Waals surface area contributed by atoms with Crippen LogP contribution in [0.1, 0.15) is 37.0 Å². The van der Waals surface area contributed by atoms with Crippen LogP contribution in [-0.4, -0.2) is 71.6 Å². The average Bonchev–Trinajstić information content (AvgIpc) is 2.99. The van der Waals surface area contributed by atoms with Crippen LogP contribution in [0.25, 0.3) is 0 Å². The van der Waals surface area contributed by atoms with Gasteiger partial charge >= 0.3 is 12.1 Å². The van der Waals surface area contributed by atoms with Crippen LogP contribution < -0.4 is 4.90 Å². The van der Waals surface area contributed by atoms with Crippen LogP contribution in [0, 0.1) is 0 Å². The SMILES string of the molecule is CCOC(=O)CN(CC(F)(F)F)C(=O)CN1C(=O)c2ccccc2N2C(=O)CC[C@@]12C. The lowest BCUT2D eigenvalue weighted by Crippen LogP contribution is -2.64. The Labute approximate surface area is 176 Å². The van der Waals surface area contributed by atoms with E-state index >= 15 is 0 Å². The number of halogens is 3. The lowest BCUT2D eigenvalue weighted by molar-refractivity contribution is -0.167. The zero-order valence-corrected chi connectivity index (χ0v) is 17.1. The Bertz CT molecular complexity index is 920. The highest BCUT2D eigenvalue weighted by atomic mass is 19.4. The number of amides is 3. The van der Waals surface area contributed by atoms with Gasteiger partial charge in [0.05, 0.1) is 17.9 Å². The molecular formula is C20H22F3N3O5. The summed E-state index contributed by atoms with van der Waals surface area (Å²) in [4.78, 5) is 53.1. The minimum Gasteiger partial charge on any atom is -0.465 e. The number of alkyl halides is 3. The number of carbonyl (C=O) groups is 4. The van der Waals surface area contributed by atoms with Gasteiger partial charge < -0.3 is 14.5 Å². The first-order valence-corrected chi connectivity index (χ1v) is 9.72. The maximum atomic E-state index is 13.1. The molecule has 168 valence electrons. The van der Waals surface area contributed by atoms with Crippen LogP contribution in [0.5, 0.6) is 0 Å². The highest BCUT2D eigenvalue weighted by molar-refractivity contribution is 6.11. The number of hydrogen-bond acceptors (Lipinski definition) is 5. The Morgan fingerprint density at radius 1 is 1.23 bits per heavy atom. The molecule has 31 heavy (non-hydrogen) atoms. The second-order valence-electron chi connectivity index (χ2n) is 7.52. The summed E-state index contributed by atoms with van der Waals surface area (Å²) in [5, 5.41) is 0.